The Labute approximate surface area is 224 Å². The molecule has 39 heavy (non-hydrogen) atoms. The first-order valence-electron chi connectivity index (χ1n) is 12.1. The highest BCUT2D eigenvalue weighted by Gasteiger charge is 2.10. The van der Waals surface area contributed by atoms with E-state index in [0.29, 0.717) is 41.2 Å². The second-order valence-electron chi connectivity index (χ2n) is 8.41. The van der Waals surface area contributed by atoms with E-state index in [1.165, 1.54) is 11.6 Å². The summed E-state index contributed by atoms with van der Waals surface area (Å²) < 4.78 is 11.6. The molecule has 0 aliphatic rings. The smallest absolute Gasteiger partial charge is 0.328 e. The Balaban J connectivity index is 0.000000459. The molecule has 1 atom stereocenters. The maximum atomic E-state index is 12.6. The summed E-state index contributed by atoms with van der Waals surface area (Å²) in [5.74, 6) is -1.46. The molecule has 1 aromatic heterocycles. The lowest BCUT2D eigenvalue weighted by Gasteiger charge is -2.13. The van der Waals surface area contributed by atoms with Crippen molar-refractivity contribution in [3.05, 3.63) is 113 Å². The van der Waals surface area contributed by atoms with Crippen molar-refractivity contribution in [1.29, 1.82) is 0 Å². The monoisotopic (exact) mass is 531 g/mol. The lowest BCUT2D eigenvalue weighted by Crippen LogP contribution is -2.32. The Bertz CT molecular complexity index is 1430. The fourth-order valence-electron chi connectivity index (χ4n) is 3.51. The van der Waals surface area contributed by atoms with Crippen molar-refractivity contribution in [3.63, 3.8) is 0 Å². The third-order valence-corrected chi connectivity index (χ3v) is 5.38. The van der Waals surface area contributed by atoms with E-state index in [4.69, 9.17) is 19.4 Å². The average molecular weight is 532 g/mol. The largest absolute Gasteiger partial charge is 0.491 e. The quantitative estimate of drug-likeness (QED) is 0.168. The van der Waals surface area contributed by atoms with Gasteiger partial charge in [-0.25, -0.2) is 9.59 Å². The molecule has 0 aliphatic carbocycles. The molecule has 0 spiro atoms. The van der Waals surface area contributed by atoms with Crippen LogP contribution in [0.3, 0.4) is 0 Å². The van der Waals surface area contributed by atoms with Gasteiger partial charge in [0.25, 0.3) is 0 Å². The summed E-state index contributed by atoms with van der Waals surface area (Å²) >= 11 is 0. The van der Waals surface area contributed by atoms with Crippen LogP contribution in [0.4, 0.5) is 0 Å². The number of aliphatic hydroxyl groups is 1. The molecule has 0 radical (unpaired) electrons. The molecule has 3 aromatic carbocycles. The van der Waals surface area contributed by atoms with Gasteiger partial charge < -0.3 is 29.8 Å². The van der Waals surface area contributed by atoms with Crippen LogP contribution in [-0.4, -0.2) is 53.1 Å². The summed E-state index contributed by atoms with van der Waals surface area (Å²) in [6, 6.07) is 26.3. The van der Waals surface area contributed by atoms with Crippen molar-refractivity contribution in [2.45, 2.75) is 12.5 Å². The third kappa shape index (κ3) is 9.92. The summed E-state index contributed by atoms with van der Waals surface area (Å²) in [7, 11) is 0. The predicted molar refractivity (Wildman–Crippen MR) is 147 cm³/mol. The van der Waals surface area contributed by atoms with E-state index in [0.717, 1.165) is 18.5 Å². The number of aliphatic carboxylic acids is 2. The van der Waals surface area contributed by atoms with Crippen LogP contribution in [0.1, 0.15) is 5.56 Å². The lowest BCUT2D eigenvalue weighted by atomic mass is 10.1. The van der Waals surface area contributed by atoms with Gasteiger partial charge in [-0.1, -0.05) is 60.7 Å². The summed E-state index contributed by atoms with van der Waals surface area (Å²) in [5, 5.41) is 29.5. The van der Waals surface area contributed by atoms with Crippen LogP contribution in [0.25, 0.3) is 22.3 Å². The number of carboxylic acid groups (broad SMARTS) is 2. The van der Waals surface area contributed by atoms with Crippen LogP contribution < -0.4 is 15.5 Å². The molecule has 0 saturated heterocycles. The molecule has 1 heterocycles. The Kier molecular flexibility index (Phi) is 11.0. The van der Waals surface area contributed by atoms with Crippen LogP contribution in [0.15, 0.2) is 106 Å². The number of nitrogens with one attached hydrogen (secondary N) is 1. The van der Waals surface area contributed by atoms with Gasteiger partial charge in [-0.05, 0) is 36.7 Å². The number of ether oxygens (including phenoxy) is 1. The van der Waals surface area contributed by atoms with Crippen LogP contribution in [-0.2, 0) is 16.0 Å². The van der Waals surface area contributed by atoms with Gasteiger partial charge in [0, 0.05) is 30.3 Å². The topological polar surface area (TPSA) is 146 Å². The molecule has 202 valence electrons. The van der Waals surface area contributed by atoms with Crippen LogP contribution >= 0.6 is 0 Å². The number of carbonyl (C=O) groups is 2. The second-order valence-corrected chi connectivity index (χ2v) is 8.41. The molecule has 9 heteroatoms. The lowest BCUT2D eigenvalue weighted by molar-refractivity contribution is -0.134. The Morgan fingerprint density at radius 2 is 1.54 bits per heavy atom. The second kappa shape index (κ2) is 14.9. The highest BCUT2D eigenvalue weighted by atomic mass is 16.5. The summed E-state index contributed by atoms with van der Waals surface area (Å²) in [4.78, 5) is 31.7. The third-order valence-electron chi connectivity index (χ3n) is 5.38. The SMILES string of the molecule is O=C(O)/C=C\C(=O)O.O=c1cc(-c2ccccc2)oc2ccc(OCC(O)CNCCc3ccccc3)cc12. The van der Waals surface area contributed by atoms with Crippen LogP contribution in [0, 0.1) is 0 Å². The van der Waals surface area contributed by atoms with Gasteiger partial charge >= 0.3 is 11.9 Å². The zero-order valence-corrected chi connectivity index (χ0v) is 21.0. The van der Waals surface area contributed by atoms with Crippen molar-refractivity contribution in [2.24, 2.45) is 0 Å². The van der Waals surface area contributed by atoms with E-state index in [2.05, 4.69) is 17.4 Å². The van der Waals surface area contributed by atoms with Gasteiger partial charge in [0.15, 0.2) is 5.43 Å². The van der Waals surface area contributed by atoms with Crippen molar-refractivity contribution in [1.82, 2.24) is 5.32 Å². The minimum Gasteiger partial charge on any atom is -0.491 e. The van der Waals surface area contributed by atoms with Gasteiger partial charge in [0.2, 0.25) is 0 Å². The molecule has 9 nitrogen and oxygen atoms in total. The first-order valence-corrected chi connectivity index (χ1v) is 12.1. The van der Waals surface area contributed by atoms with Crippen LogP contribution in [0.5, 0.6) is 5.75 Å². The van der Waals surface area contributed by atoms with E-state index in [1.54, 1.807) is 18.2 Å². The molecule has 4 N–H and O–H groups in total. The Morgan fingerprint density at radius 3 is 2.18 bits per heavy atom. The summed E-state index contributed by atoms with van der Waals surface area (Å²) in [6.07, 6.45) is 1.37. The fraction of sp³-hybridized carbons (Fsp3) is 0.167. The first-order chi connectivity index (χ1) is 18.8. The molecule has 4 aromatic rings. The number of carboxylic acids is 2. The molecule has 0 aliphatic heterocycles. The van der Waals surface area contributed by atoms with Crippen molar-refractivity contribution in [2.75, 3.05) is 19.7 Å². The average Bonchev–Trinajstić information content (AvgIpc) is 2.94. The number of hydrogen-bond donors (Lipinski definition) is 4. The number of hydrogen-bond acceptors (Lipinski definition) is 7. The van der Waals surface area contributed by atoms with Crippen molar-refractivity contribution in [3.8, 4) is 17.1 Å². The minimum absolute atomic E-state index is 0.131. The maximum Gasteiger partial charge on any atom is 0.328 e. The Hall–Kier alpha value is -4.73. The molecule has 4 rings (SSSR count). The van der Waals surface area contributed by atoms with E-state index < -0.39 is 18.0 Å². The highest BCUT2D eigenvalue weighted by molar-refractivity contribution is 5.89. The number of aliphatic hydroxyl groups excluding tert-OH is 1. The van der Waals surface area contributed by atoms with E-state index >= 15 is 0 Å². The number of benzene rings is 3. The van der Waals surface area contributed by atoms with Gasteiger partial charge in [-0.15, -0.1) is 0 Å². The number of rotatable bonds is 11. The predicted octanol–water partition coefficient (Wildman–Crippen LogP) is 3.74. The molecule has 0 fully saturated rings. The zero-order chi connectivity index (χ0) is 28.0. The Morgan fingerprint density at radius 1 is 0.897 bits per heavy atom. The zero-order valence-electron chi connectivity index (χ0n) is 21.0. The summed E-state index contributed by atoms with van der Waals surface area (Å²) in [6.45, 7) is 1.35. The van der Waals surface area contributed by atoms with E-state index in [-0.39, 0.29) is 12.0 Å². The van der Waals surface area contributed by atoms with Crippen molar-refractivity contribution >= 4 is 22.9 Å². The standard InChI is InChI=1S/C26H25NO4.C4H4O4/c28-21(17-27-14-13-19-7-3-1-4-8-19)18-30-22-11-12-25-23(15-22)24(29)16-26(31-25)20-9-5-2-6-10-20;5-3(6)1-2-4(7)8/h1-12,15-16,21,27-28H,13-14,17-18H2;1-2H,(H,5,6)(H,7,8)/b;2-1-. The van der Waals surface area contributed by atoms with Crippen molar-refractivity contribution < 1.29 is 34.1 Å². The van der Waals surface area contributed by atoms with Gasteiger partial charge in [0.1, 0.15) is 29.8 Å². The first kappa shape index (κ1) is 28.8. The molecule has 1 unspecified atom stereocenters. The fourth-order valence-corrected chi connectivity index (χ4v) is 3.51. The minimum atomic E-state index is -1.26. The normalized spacial score (nSPS) is 11.5. The maximum absolute atomic E-state index is 12.6. The number of fused-ring (bicyclic) bond motifs is 1. The molecule has 0 bridgehead atoms. The van der Waals surface area contributed by atoms with E-state index in [1.807, 2.05) is 48.5 Å². The molecular weight excluding hydrogens is 502 g/mol. The summed E-state index contributed by atoms with van der Waals surface area (Å²) in [5.41, 5.74) is 2.48. The molecular formula is C30H29NO8. The van der Waals surface area contributed by atoms with Gasteiger partial charge in [-0.3, -0.25) is 4.79 Å². The molecule has 0 amide bonds. The van der Waals surface area contributed by atoms with Gasteiger partial charge in [0.05, 0.1) is 5.39 Å². The molecule has 0 saturated carbocycles. The van der Waals surface area contributed by atoms with Crippen LogP contribution in [0.2, 0.25) is 0 Å². The highest BCUT2D eigenvalue weighted by Crippen LogP contribution is 2.24. The van der Waals surface area contributed by atoms with E-state index in [9.17, 15) is 19.5 Å². The van der Waals surface area contributed by atoms with Gasteiger partial charge in [-0.2, -0.15) is 0 Å².